The standard InChI is InChI=1S/C39H38O10/c1-21-5-13-25(14-6-21)31-39(48-31)49-35-33(46-37(43)27-17-9-23(3)10-18-27)30(41)29(40)32(45-36(42)26-15-7-22(2)8-16-26)34(35)47-38(44)28-19-11-24(4)12-20-28/h5-20,29-35,39-41H,1-4H3/t29-,30+,31?,32-,33-,34+,35+,39?/m0/s1. The van der Waals surface area contributed by atoms with Crippen LogP contribution < -0.4 is 0 Å². The van der Waals surface area contributed by atoms with Crippen molar-refractivity contribution in [3.05, 3.63) is 142 Å². The summed E-state index contributed by atoms with van der Waals surface area (Å²) in [6.07, 6.45) is -11.3. The number of benzene rings is 4. The lowest BCUT2D eigenvalue weighted by atomic mass is 9.84. The summed E-state index contributed by atoms with van der Waals surface area (Å²) >= 11 is 0. The number of esters is 3. The third kappa shape index (κ3) is 7.73. The Morgan fingerprint density at radius 1 is 0.490 bits per heavy atom. The van der Waals surface area contributed by atoms with Crippen molar-refractivity contribution in [1.82, 2.24) is 0 Å². The van der Waals surface area contributed by atoms with Crippen LogP contribution in [0.1, 0.15) is 65.0 Å². The Morgan fingerprint density at radius 3 is 1.20 bits per heavy atom. The lowest BCUT2D eigenvalue weighted by Crippen LogP contribution is -2.67. The van der Waals surface area contributed by atoms with Crippen molar-refractivity contribution in [2.24, 2.45) is 0 Å². The Balaban J connectivity index is 1.36. The summed E-state index contributed by atoms with van der Waals surface area (Å²) in [7, 11) is 0. The number of epoxide rings is 1. The first-order valence-corrected chi connectivity index (χ1v) is 16.0. The van der Waals surface area contributed by atoms with Crippen LogP contribution in [0.3, 0.4) is 0 Å². The molecule has 49 heavy (non-hydrogen) atoms. The maximum absolute atomic E-state index is 13.6. The molecule has 254 valence electrons. The molecule has 0 radical (unpaired) electrons. The molecule has 1 saturated carbocycles. The molecule has 8 atom stereocenters. The van der Waals surface area contributed by atoms with Crippen LogP contribution in [-0.4, -0.2) is 71.0 Å². The normalized spacial score (nSPS) is 26.0. The smallest absolute Gasteiger partial charge is 0.338 e. The molecule has 10 heteroatoms. The molecule has 1 saturated heterocycles. The molecule has 0 spiro atoms. The zero-order chi connectivity index (χ0) is 34.8. The first kappa shape index (κ1) is 34.0. The van der Waals surface area contributed by atoms with Gasteiger partial charge in [0, 0.05) is 0 Å². The Labute approximate surface area is 284 Å². The van der Waals surface area contributed by atoms with Crippen molar-refractivity contribution < 1.29 is 48.3 Å². The number of rotatable bonds is 9. The second-order valence-corrected chi connectivity index (χ2v) is 12.6. The molecule has 1 aliphatic heterocycles. The Kier molecular flexibility index (Phi) is 9.94. The predicted molar refractivity (Wildman–Crippen MR) is 177 cm³/mol. The van der Waals surface area contributed by atoms with Crippen LogP contribution in [0.15, 0.2) is 97.1 Å². The number of aryl methyl sites for hydroxylation is 4. The van der Waals surface area contributed by atoms with E-state index in [1.165, 1.54) is 0 Å². The maximum Gasteiger partial charge on any atom is 0.338 e. The first-order chi connectivity index (χ1) is 23.5. The summed E-state index contributed by atoms with van der Waals surface area (Å²) in [6, 6.07) is 27.4. The molecular formula is C39H38O10. The third-order valence-electron chi connectivity index (χ3n) is 8.73. The van der Waals surface area contributed by atoms with Gasteiger partial charge in [0.15, 0.2) is 24.6 Å². The Bertz CT molecular complexity index is 1780. The van der Waals surface area contributed by atoms with Gasteiger partial charge < -0.3 is 33.9 Å². The second kappa shape index (κ2) is 14.3. The van der Waals surface area contributed by atoms with Gasteiger partial charge in [-0.15, -0.1) is 0 Å². The largest absolute Gasteiger partial charge is 0.453 e. The third-order valence-corrected chi connectivity index (χ3v) is 8.73. The van der Waals surface area contributed by atoms with Crippen molar-refractivity contribution in [3.63, 3.8) is 0 Å². The average molecular weight is 667 g/mol. The maximum atomic E-state index is 13.6. The molecular weight excluding hydrogens is 628 g/mol. The number of aliphatic hydroxyl groups is 2. The van der Waals surface area contributed by atoms with E-state index in [2.05, 4.69) is 0 Å². The minimum Gasteiger partial charge on any atom is -0.453 e. The van der Waals surface area contributed by atoms with E-state index in [0.717, 1.165) is 27.8 Å². The van der Waals surface area contributed by atoms with E-state index in [9.17, 15) is 24.6 Å². The fourth-order valence-electron chi connectivity index (χ4n) is 5.71. The molecule has 6 rings (SSSR count). The average Bonchev–Trinajstić information content (AvgIpc) is 3.86. The van der Waals surface area contributed by atoms with E-state index < -0.39 is 66.9 Å². The molecule has 2 fully saturated rings. The zero-order valence-electron chi connectivity index (χ0n) is 27.5. The Morgan fingerprint density at radius 2 is 0.816 bits per heavy atom. The van der Waals surface area contributed by atoms with Gasteiger partial charge in [0.25, 0.3) is 0 Å². The molecule has 4 aromatic rings. The van der Waals surface area contributed by atoms with E-state index >= 15 is 0 Å². The van der Waals surface area contributed by atoms with Crippen LogP contribution in [0.2, 0.25) is 0 Å². The highest BCUT2D eigenvalue weighted by molar-refractivity contribution is 5.91. The van der Waals surface area contributed by atoms with Crippen LogP contribution in [0.4, 0.5) is 0 Å². The van der Waals surface area contributed by atoms with E-state index in [0.29, 0.717) is 0 Å². The van der Waals surface area contributed by atoms with E-state index in [4.69, 9.17) is 23.7 Å². The van der Waals surface area contributed by atoms with Crippen LogP contribution >= 0.6 is 0 Å². The number of aliphatic hydroxyl groups excluding tert-OH is 2. The van der Waals surface area contributed by atoms with E-state index in [1.54, 1.807) is 72.8 Å². The summed E-state index contributed by atoms with van der Waals surface area (Å²) in [5.74, 6) is -2.45. The van der Waals surface area contributed by atoms with Gasteiger partial charge in [0.2, 0.25) is 0 Å². The van der Waals surface area contributed by atoms with E-state index in [1.807, 2.05) is 52.0 Å². The number of carbonyl (C=O) groups excluding carboxylic acids is 3. The number of hydrogen-bond acceptors (Lipinski definition) is 10. The van der Waals surface area contributed by atoms with Crippen LogP contribution in [-0.2, 0) is 23.7 Å². The van der Waals surface area contributed by atoms with Gasteiger partial charge >= 0.3 is 17.9 Å². The molecule has 10 nitrogen and oxygen atoms in total. The van der Waals surface area contributed by atoms with Crippen molar-refractivity contribution in [1.29, 1.82) is 0 Å². The van der Waals surface area contributed by atoms with Crippen molar-refractivity contribution in [3.8, 4) is 0 Å². The molecule has 4 aromatic carbocycles. The van der Waals surface area contributed by atoms with Gasteiger partial charge in [-0.05, 0) is 69.7 Å². The summed E-state index contributed by atoms with van der Waals surface area (Å²) in [5.41, 5.74) is 5.15. The van der Waals surface area contributed by atoms with Crippen LogP contribution in [0.25, 0.3) is 0 Å². The molecule has 2 aliphatic rings. The molecule has 1 heterocycles. The first-order valence-electron chi connectivity index (χ1n) is 16.0. The highest BCUT2D eigenvalue weighted by Gasteiger charge is 2.59. The van der Waals surface area contributed by atoms with Crippen molar-refractivity contribution in [2.75, 3.05) is 0 Å². The van der Waals surface area contributed by atoms with Crippen molar-refractivity contribution >= 4 is 17.9 Å². The van der Waals surface area contributed by atoms with E-state index in [-0.39, 0.29) is 16.7 Å². The Hall–Kier alpha value is -4.87. The molecule has 2 unspecified atom stereocenters. The summed E-state index contributed by atoms with van der Waals surface area (Å²) in [6.45, 7) is 7.55. The van der Waals surface area contributed by atoms with Gasteiger partial charge in [-0.25, -0.2) is 14.4 Å². The summed E-state index contributed by atoms with van der Waals surface area (Å²) in [4.78, 5) is 40.4. The number of ether oxygens (including phenoxy) is 5. The predicted octanol–water partition coefficient (Wildman–Crippen LogP) is 5.12. The zero-order valence-corrected chi connectivity index (χ0v) is 27.5. The highest BCUT2D eigenvalue weighted by atomic mass is 16.8. The molecule has 0 bridgehead atoms. The minimum atomic E-state index is -1.85. The monoisotopic (exact) mass is 666 g/mol. The summed E-state index contributed by atoms with van der Waals surface area (Å²) < 4.78 is 29.8. The highest BCUT2D eigenvalue weighted by Crippen LogP contribution is 2.43. The SMILES string of the molecule is Cc1ccc(C(=O)O[C@H]2[C@H](OC3OC3c3ccc(C)cc3)[C@@H](OC(=O)c3ccc(C)cc3)[C@H](O)[C@H](O)[C@@H]2OC(=O)c2ccc(C)cc2)cc1. The minimum absolute atomic E-state index is 0.172. The molecule has 0 aromatic heterocycles. The fourth-order valence-corrected chi connectivity index (χ4v) is 5.71. The quantitative estimate of drug-likeness (QED) is 0.141. The molecule has 2 N–H and O–H groups in total. The second-order valence-electron chi connectivity index (χ2n) is 12.6. The molecule has 1 aliphatic carbocycles. The van der Waals surface area contributed by atoms with Crippen LogP contribution in [0, 0.1) is 27.7 Å². The number of carbonyl (C=O) groups is 3. The van der Waals surface area contributed by atoms with Gasteiger partial charge in [0.1, 0.15) is 24.4 Å². The summed E-state index contributed by atoms with van der Waals surface area (Å²) in [5, 5.41) is 23.0. The van der Waals surface area contributed by atoms with Crippen LogP contribution in [0.5, 0.6) is 0 Å². The number of hydrogen-bond donors (Lipinski definition) is 2. The van der Waals surface area contributed by atoms with Gasteiger partial charge in [-0.3, -0.25) is 0 Å². The lowest BCUT2D eigenvalue weighted by Gasteiger charge is -2.45. The van der Waals surface area contributed by atoms with Crippen molar-refractivity contribution in [2.45, 2.75) is 76.7 Å². The fraction of sp³-hybridized carbons (Fsp3) is 0.308. The van der Waals surface area contributed by atoms with Gasteiger partial charge in [-0.1, -0.05) is 82.9 Å². The topological polar surface area (TPSA) is 141 Å². The van der Waals surface area contributed by atoms with Gasteiger partial charge in [0.05, 0.1) is 16.7 Å². The van der Waals surface area contributed by atoms with Gasteiger partial charge in [-0.2, -0.15) is 0 Å². The lowest BCUT2D eigenvalue weighted by molar-refractivity contribution is -0.242. The molecule has 0 amide bonds.